The number of alkyl halides is 3. The zero-order chi connectivity index (χ0) is 27.3. The van der Waals surface area contributed by atoms with Gasteiger partial charge >= 0.3 is 12.3 Å². The molecular weight excluding hydrogens is 535 g/mol. The lowest BCUT2D eigenvalue weighted by molar-refractivity contribution is -0.146. The van der Waals surface area contributed by atoms with Gasteiger partial charge in [0.05, 0.1) is 27.4 Å². The average Bonchev–Trinajstić information content (AvgIpc) is 3.63. The van der Waals surface area contributed by atoms with Crippen molar-refractivity contribution < 1.29 is 22.8 Å². The van der Waals surface area contributed by atoms with E-state index in [9.17, 15) is 18.0 Å². The molecule has 2 atom stereocenters. The molecule has 2 N–H and O–H groups in total. The zero-order valence-corrected chi connectivity index (χ0v) is 22.1. The standard InChI is InChI=1S/C26H29ClF3N7O2/c1-14-4-6-15(7-5-14)13-37-22-18(33-24(37)36-8-2-3-20(36)26(28,29)30)10-19(23-34-25(38)39-35-23)32-21(22)16-9-17(27)12-31-11-16/h9-12,14-15,20,23,35H,2-8,13H2,1H3,(H,34,38). The van der Waals surface area contributed by atoms with E-state index in [1.807, 2.05) is 4.57 Å². The number of hydrogen-bond donors (Lipinski definition) is 2. The largest absolute Gasteiger partial charge is 0.427 e. The third kappa shape index (κ3) is 5.11. The first-order chi connectivity index (χ1) is 18.7. The molecule has 2 unspecified atom stereocenters. The Hall–Kier alpha value is -3.12. The molecule has 6 rings (SSSR count). The second kappa shape index (κ2) is 10.1. The van der Waals surface area contributed by atoms with Crippen LogP contribution in [0.2, 0.25) is 5.02 Å². The monoisotopic (exact) mass is 563 g/mol. The summed E-state index contributed by atoms with van der Waals surface area (Å²) in [5, 5.41) is 3.02. The van der Waals surface area contributed by atoms with Crippen molar-refractivity contribution in [3.8, 4) is 11.3 Å². The van der Waals surface area contributed by atoms with Crippen LogP contribution in [0.1, 0.15) is 57.3 Å². The lowest BCUT2D eigenvalue weighted by atomic mass is 9.83. The topological polar surface area (TPSA) is 97.2 Å². The summed E-state index contributed by atoms with van der Waals surface area (Å²) in [4.78, 5) is 31.8. The van der Waals surface area contributed by atoms with E-state index < -0.39 is 24.5 Å². The molecule has 208 valence electrons. The minimum atomic E-state index is -4.38. The molecule has 9 nitrogen and oxygen atoms in total. The summed E-state index contributed by atoms with van der Waals surface area (Å²) in [6.45, 7) is 3.03. The van der Waals surface area contributed by atoms with E-state index in [-0.39, 0.29) is 13.0 Å². The molecule has 0 radical (unpaired) electrons. The van der Waals surface area contributed by atoms with Crippen molar-refractivity contribution in [3.05, 3.63) is 35.2 Å². The number of imidazole rings is 1. The molecule has 2 aliphatic heterocycles. The van der Waals surface area contributed by atoms with E-state index in [1.54, 1.807) is 18.3 Å². The lowest BCUT2D eigenvalue weighted by Crippen LogP contribution is -2.42. The number of carbonyl (C=O) groups excluding carboxylic acids is 1. The van der Waals surface area contributed by atoms with Crippen molar-refractivity contribution in [1.29, 1.82) is 0 Å². The number of rotatable bonds is 5. The summed E-state index contributed by atoms with van der Waals surface area (Å²) >= 11 is 6.28. The van der Waals surface area contributed by atoms with Crippen LogP contribution in [0.3, 0.4) is 0 Å². The SMILES string of the molecule is CC1CCC(Cn2c(N3CCCC3C(F)(F)F)nc3cc(C4NOC(=O)N4)nc(-c4cncc(Cl)c4)c32)CC1. The minimum absolute atomic E-state index is 0.0254. The van der Waals surface area contributed by atoms with Crippen LogP contribution in [-0.4, -0.2) is 44.4 Å². The molecule has 3 aromatic rings. The fraction of sp³-hybridized carbons (Fsp3) is 0.538. The van der Waals surface area contributed by atoms with E-state index in [4.69, 9.17) is 26.4 Å². The molecule has 13 heteroatoms. The number of nitrogens with zero attached hydrogens (tertiary/aromatic N) is 5. The Labute approximate surface area is 228 Å². The summed E-state index contributed by atoms with van der Waals surface area (Å²) < 4.78 is 44.2. The molecule has 3 aliphatic rings. The van der Waals surface area contributed by atoms with E-state index in [2.05, 4.69) is 22.7 Å². The minimum Gasteiger partial charge on any atom is -0.351 e. The van der Waals surface area contributed by atoms with Gasteiger partial charge in [0.25, 0.3) is 0 Å². The second-order valence-electron chi connectivity index (χ2n) is 10.8. The molecular formula is C26H29ClF3N7O2. The molecule has 0 bridgehead atoms. The number of anilines is 1. The van der Waals surface area contributed by atoms with Gasteiger partial charge in [-0.1, -0.05) is 31.4 Å². The molecule has 2 saturated heterocycles. The summed E-state index contributed by atoms with van der Waals surface area (Å²) in [5.74, 6) is 1.24. The molecule has 3 fully saturated rings. The molecule has 39 heavy (non-hydrogen) atoms. The summed E-state index contributed by atoms with van der Waals surface area (Å²) in [6.07, 6.45) is 1.95. The van der Waals surface area contributed by atoms with Crippen LogP contribution < -0.4 is 15.7 Å². The highest BCUT2D eigenvalue weighted by atomic mass is 35.5. The Balaban J connectivity index is 1.55. The van der Waals surface area contributed by atoms with E-state index in [0.717, 1.165) is 25.7 Å². The van der Waals surface area contributed by atoms with Gasteiger partial charge in [-0.3, -0.25) is 10.3 Å². The van der Waals surface area contributed by atoms with Gasteiger partial charge in [-0.05, 0) is 49.7 Å². The number of hydrogen-bond acceptors (Lipinski definition) is 7. The van der Waals surface area contributed by atoms with Crippen LogP contribution in [0, 0.1) is 11.8 Å². The number of pyridine rings is 2. The highest BCUT2D eigenvalue weighted by Gasteiger charge is 2.47. The third-order valence-corrected chi connectivity index (χ3v) is 8.20. The highest BCUT2D eigenvalue weighted by molar-refractivity contribution is 6.30. The summed E-state index contributed by atoms with van der Waals surface area (Å²) in [6, 6.07) is 1.79. The molecule has 3 aromatic heterocycles. The van der Waals surface area contributed by atoms with Gasteiger partial charge in [0.2, 0.25) is 5.95 Å². The van der Waals surface area contributed by atoms with Crippen LogP contribution in [0.5, 0.6) is 0 Å². The van der Waals surface area contributed by atoms with Crippen molar-refractivity contribution in [2.24, 2.45) is 11.8 Å². The highest BCUT2D eigenvalue weighted by Crippen LogP contribution is 2.41. The summed E-state index contributed by atoms with van der Waals surface area (Å²) in [7, 11) is 0. The summed E-state index contributed by atoms with van der Waals surface area (Å²) in [5.41, 5.74) is 5.16. The fourth-order valence-electron chi connectivity index (χ4n) is 5.99. The molecule has 1 aliphatic carbocycles. The van der Waals surface area contributed by atoms with Crippen molar-refractivity contribution in [1.82, 2.24) is 30.3 Å². The predicted octanol–water partition coefficient (Wildman–Crippen LogP) is 5.75. The second-order valence-corrected chi connectivity index (χ2v) is 11.2. The molecule has 0 aromatic carbocycles. The Morgan fingerprint density at radius 2 is 1.92 bits per heavy atom. The van der Waals surface area contributed by atoms with E-state index in [1.165, 1.54) is 11.1 Å². The van der Waals surface area contributed by atoms with Crippen molar-refractivity contribution >= 4 is 34.7 Å². The molecule has 1 amide bonds. The normalized spacial score (nSPS) is 25.8. The Bertz CT molecular complexity index is 1390. The van der Waals surface area contributed by atoms with Gasteiger partial charge in [-0.25, -0.2) is 14.8 Å². The lowest BCUT2D eigenvalue weighted by Gasteiger charge is -2.31. The molecule has 1 saturated carbocycles. The van der Waals surface area contributed by atoms with Crippen molar-refractivity contribution in [3.63, 3.8) is 0 Å². The predicted molar refractivity (Wildman–Crippen MR) is 139 cm³/mol. The van der Waals surface area contributed by atoms with Gasteiger partial charge in [-0.2, -0.15) is 13.2 Å². The number of carbonyl (C=O) groups is 1. The fourth-order valence-corrected chi connectivity index (χ4v) is 6.16. The maximum Gasteiger partial charge on any atom is 0.427 e. The molecule has 0 spiro atoms. The number of hydroxylamine groups is 1. The third-order valence-electron chi connectivity index (χ3n) is 7.99. The van der Waals surface area contributed by atoms with Crippen LogP contribution in [0.4, 0.5) is 23.9 Å². The van der Waals surface area contributed by atoms with Gasteiger partial charge < -0.3 is 14.3 Å². The number of fused-ring (bicyclic) bond motifs is 1. The number of amides is 1. The maximum absolute atomic E-state index is 14.1. The average molecular weight is 564 g/mol. The van der Waals surface area contributed by atoms with Crippen LogP contribution in [0.25, 0.3) is 22.3 Å². The van der Waals surface area contributed by atoms with Crippen LogP contribution in [-0.2, 0) is 11.4 Å². The van der Waals surface area contributed by atoms with Gasteiger partial charge in [-0.15, -0.1) is 5.48 Å². The number of aromatic nitrogens is 4. The van der Waals surface area contributed by atoms with Crippen LogP contribution in [0.15, 0.2) is 24.5 Å². The van der Waals surface area contributed by atoms with Crippen molar-refractivity contribution in [2.75, 3.05) is 11.4 Å². The zero-order valence-electron chi connectivity index (χ0n) is 21.3. The van der Waals surface area contributed by atoms with E-state index >= 15 is 0 Å². The first-order valence-electron chi connectivity index (χ1n) is 13.3. The van der Waals surface area contributed by atoms with Crippen LogP contribution >= 0.6 is 11.6 Å². The first kappa shape index (κ1) is 26.1. The Kier molecular flexibility index (Phi) is 6.78. The first-order valence-corrected chi connectivity index (χ1v) is 13.6. The van der Waals surface area contributed by atoms with Crippen molar-refractivity contribution in [2.45, 2.75) is 70.4 Å². The molecule has 5 heterocycles. The Morgan fingerprint density at radius 1 is 1.13 bits per heavy atom. The van der Waals surface area contributed by atoms with E-state index in [0.29, 0.717) is 63.8 Å². The quantitative estimate of drug-likeness (QED) is 0.408. The Morgan fingerprint density at radius 3 is 2.62 bits per heavy atom. The smallest absolute Gasteiger partial charge is 0.351 e. The number of halogens is 4. The number of nitrogens with one attached hydrogen (secondary N) is 2. The van der Waals surface area contributed by atoms with Gasteiger partial charge in [0, 0.05) is 31.0 Å². The van der Waals surface area contributed by atoms with Gasteiger partial charge in [0.15, 0.2) is 6.17 Å². The maximum atomic E-state index is 14.1. The van der Waals surface area contributed by atoms with Gasteiger partial charge in [0.1, 0.15) is 6.04 Å².